The van der Waals surface area contributed by atoms with Crippen LogP contribution in [0.15, 0.2) is 24.3 Å². The molecule has 1 fully saturated rings. The zero-order chi connectivity index (χ0) is 13.0. The standard InChI is InChI=1S/C16H24FN/c1-3-16(9-4-5-10-16)15(18-2)12-13-7-6-8-14(17)11-13/h6-8,11,15,18H,3-5,9-10,12H2,1-2H3. The Hall–Kier alpha value is -0.890. The van der Waals surface area contributed by atoms with Gasteiger partial charge in [-0.3, -0.25) is 0 Å². The zero-order valence-corrected chi connectivity index (χ0v) is 11.5. The zero-order valence-electron chi connectivity index (χ0n) is 11.5. The lowest BCUT2D eigenvalue weighted by atomic mass is 9.74. The Bertz CT molecular complexity index is 382. The molecule has 1 nitrogen and oxygen atoms in total. The van der Waals surface area contributed by atoms with E-state index in [2.05, 4.69) is 12.2 Å². The highest BCUT2D eigenvalue weighted by Gasteiger charge is 2.38. The number of benzene rings is 1. The SMILES string of the molecule is CCC1(C(Cc2cccc(F)c2)NC)CCCC1. The Morgan fingerprint density at radius 3 is 2.61 bits per heavy atom. The van der Waals surface area contributed by atoms with Crippen molar-refractivity contribution in [2.24, 2.45) is 5.41 Å². The summed E-state index contributed by atoms with van der Waals surface area (Å²) in [5.74, 6) is -0.126. The van der Waals surface area contributed by atoms with Crippen LogP contribution in [0.5, 0.6) is 0 Å². The van der Waals surface area contributed by atoms with Crippen molar-refractivity contribution in [2.75, 3.05) is 7.05 Å². The molecular formula is C16H24FN. The first-order valence-corrected chi connectivity index (χ1v) is 7.12. The first-order chi connectivity index (χ1) is 8.70. The van der Waals surface area contributed by atoms with Crippen LogP contribution >= 0.6 is 0 Å². The van der Waals surface area contributed by atoms with E-state index in [-0.39, 0.29) is 5.82 Å². The van der Waals surface area contributed by atoms with Crippen LogP contribution in [0, 0.1) is 11.2 Å². The fourth-order valence-electron chi connectivity index (χ4n) is 3.55. The molecule has 0 spiro atoms. The summed E-state index contributed by atoms with van der Waals surface area (Å²) in [7, 11) is 2.04. The highest BCUT2D eigenvalue weighted by molar-refractivity contribution is 5.18. The second-order valence-corrected chi connectivity index (χ2v) is 5.60. The fourth-order valence-corrected chi connectivity index (χ4v) is 3.55. The maximum atomic E-state index is 13.3. The van der Waals surface area contributed by atoms with Crippen LogP contribution < -0.4 is 5.32 Å². The Kier molecular flexibility index (Phi) is 4.39. The molecule has 2 heteroatoms. The lowest BCUT2D eigenvalue weighted by Crippen LogP contribution is -2.43. The van der Waals surface area contributed by atoms with Gasteiger partial charge in [-0.1, -0.05) is 31.9 Å². The average Bonchev–Trinajstić information content (AvgIpc) is 2.86. The number of rotatable bonds is 5. The fraction of sp³-hybridized carbons (Fsp3) is 0.625. The van der Waals surface area contributed by atoms with E-state index < -0.39 is 0 Å². The smallest absolute Gasteiger partial charge is 0.123 e. The molecule has 18 heavy (non-hydrogen) atoms. The largest absolute Gasteiger partial charge is 0.316 e. The van der Waals surface area contributed by atoms with E-state index in [0.717, 1.165) is 12.0 Å². The van der Waals surface area contributed by atoms with Crippen molar-refractivity contribution in [2.45, 2.75) is 51.5 Å². The minimum atomic E-state index is -0.126. The maximum absolute atomic E-state index is 13.3. The van der Waals surface area contributed by atoms with E-state index >= 15 is 0 Å². The number of halogens is 1. The van der Waals surface area contributed by atoms with Crippen molar-refractivity contribution in [3.8, 4) is 0 Å². The van der Waals surface area contributed by atoms with Gasteiger partial charge in [0, 0.05) is 6.04 Å². The lowest BCUT2D eigenvalue weighted by Gasteiger charge is -2.37. The van der Waals surface area contributed by atoms with E-state index in [1.807, 2.05) is 19.2 Å². The normalized spacial score (nSPS) is 19.9. The summed E-state index contributed by atoms with van der Waals surface area (Å²) in [6, 6.07) is 7.49. The molecule has 100 valence electrons. The molecule has 0 radical (unpaired) electrons. The summed E-state index contributed by atoms with van der Waals surface area (Å²) in [6.45, 7) is 2.29. The number of nitrogens with one attached hydrogen (secondary N) is 1. The van der Waals surface area contributed by atoms with Crippen LogP contribution in [0.2, 0.25) is 0 Å². The van der Waals surface area contributed by atoms with Gasteiger partial charge < -0.3 is 5.32 Å². The molecule has 0 heterocycles. The predicted molar refractivity (Wildman–Crippen MR) is 74.1 cm³/mol. The molecule has 1 aliphatic carbocycles. The first-order valence-electron chi connectivity index (χ1n) is 7.12. The molecule has 1 saturated carbocycles. The minimum absolute atomic E-state index is 0.126. The van der Waals surface area contributed by atoms with Crippen LogP contribution in [0.1, 0.15) is 44.6 Å². The predicted octanol–water partition coefficient (Wildman–Crippen LogP) is 3.93. The summed E-state index contributed by atoms with van der Waals surface area (Å²) in [4.78, 5) is 0. The molecule has 0 aromatic heterocycles. The highest BCUT2D eigenvalue weighted by atomic mass is 19.1. The number of hydrogen-bond acceptors (Lipinski definition) is 1. The molecule has 0 amide bonds. The van der Waals surface area contributed by atoms with E-state index in [4.69, 9.17) is 0 Å². The van der Waals surface area contributed by atoms with Gasteiger partial charge >= 0.3 is 0 Å². The second-order valence-electron chi connectivity index (χ2n) is 5.60. The van der Waals surface area contributed by atoms with Crippen molar-refractivity contribution in [3.05, 3.63) is 35.6 Å². The molecule has 1 aromatic rings. The summed E-state index contributed by atoms with van der Waals surface area (Å²) < 4.78 is 13.3. The van der Waals surface area contributed by atoms with Crippen LogP contribution in [-0.4, -0.2) is 13.1 Å². The molecule has 1 unspecified atom stereocenters. The highest BCUT2D eigenvalue weighted by Crippen LogP contribution is 2.44. The minimum Gasteiger partial charge on any atom is -0.316 e. The lowest BCUT2D eigenvalue weighted by molar-refractivity contribution is 0.192. The third-order valence-corrected chi connectivity index (χ3v) is 4.72. The third-order valence-electron chi connectivity index (χ3n) is 4.72. The molecule has 1 atom stereocenters. The van der Waals surface area contributed by atoms with Crippen LogP contribution in [0.25, 0.3) is 0 Å². The van der Waals surface area contributed by atoms with E-state index in [9.17, 15) is 4.39 Å². The second kappa shape index (κ2) is 5.83. The van der Waals surface area contributed by atoms with E-state index in [1.165, 1.54) is 38.2 Å². The number of hydrogen-bond donors (Lipinski definition) is 1. The summed E-state index contributed by atoms with van der Waals surface area (Å²) in [5.41, 5.74) is 1.52. The molecule has 0 bridgehead atoms. The Morgan fingerprint density at radius 2 is 2.06 bits per heavy atom. The van der Waals surface area contributed by atoms with Gasteiger partial charge in [0.1, 0.15) is 5.82 Å². The van der Waals surface area contributed by atoms with Gasteiger partial charge in [-0.15, -0.1) is 0 Å². The van der Waals surface area contributed by atoms with Crippen LogP contribution in [0.3, 0.4) is 0 Å². The van der Waals surface area contributed by atoms with Crippen molar-refractivity contribution in [1.82, 2.24) is 5.32 Å². The molecule has 1 aliphatic rings. The molecule has 1 aromatic carbocycles. The first kappa shape index (κ1) is 13.5. The average molecular weight is 249 g/mol. The topological polar surface area (TPSA) is 12.0 Å². The van der Waals surface area contributed by atoms with Crippen molar-refractivity contribution >= 4 is 0 Å². The van der Waals surface area contributed by atoms with Gasteiger partial charge in [0.15, 0.2) is 0 Å². The molecule has 0 aliphatic heterocycles. The number of likely N-dealkylation sites (N-methyl/N-ethyl adjacent to an activating group) is 1. The Balaban J connectivity index is 2.13. The van der Waals surface area contributed by atoms with Gasteiger partial charge in [-0.25, -0.2) is 4.39 Å². The quantitative estimate of drug-likeness (QED) is 0.834. The van der Waals surface area contributed by atoms with E-state index in [0.29, 0.717) is 11.5 Å². The maximum Gasteiger partial charge on any atom is 0.123 e. The summed E-state index contributed by atoms with van der Waals surface area (Å²) in [6.07, 6.45) is 7.45. The van der Waals surface area contributed by atoms with Crippen molar-refractivity contribution in [3.63, 3.8) is 0 Å². The van der Waals surface area contributed by atoms with E-state index in [1.54, 1.807) is 6.07 Å². The van der Waals surface area contributed by atoms with Gasteiger partial charge in [-0.05, 0) is 55.8 Å². The van der Waals surface area contributed by atoms with Crippen molar-refractivity contribution in [1.29, 1.82) is 0 Å². The van der Waals surface area contributed by atoms with Crippen LogP contribution in [-0.2, 0) is 6.42 Å². The molecule has 0 saturated heterocycles. The summed E-state index contributed by atoms with van der Waals surface area (Å²) in [5, 5.41) is 3.48. The van der Waals surface area contributed by atoms with Crippen LogP contribution in [0.4, 0.5) is 4.39 Å². The third kappa shape index (κ3) is 2.74. The monoisotopic (exact) mass is 249 g/mol. The Labute approximate surface area is 110 Å². The molecule has 1 N–H and O–H groups in total. The molecule has 2 rings (SSSR count). The molecular weight excluding hydrogens is 225 g/mol. The van der Waals surface area contributed by atoms with Gasteiger partial charge in [0.2, 0.25) is 0 Å². The summed E-state index contributed by atoms with van der Waals surface area (Å²) >= 11 is 0. The van der Waals surface area contributed by atoms with Gasteiger partial charge in [-0.2, -0.15) is 0 Å². The van der Waals surface area contributed by atoms with Crippen molar-refractivity contribution < 1.29 is 4.39 Å². The van der Waals surface area contributed by atoms with Gasteiger partial charge in [0.25, 0.3) is 0 Å². The van der Waals surface area contributed by atoms with Gasteiger partial charge in [0.05, 0.1) is 0 Å². The Morgan fingerprint density at radius 1 is 1.33 bits per heavy atom.